The number of carbonyl (C=O) groups excluding carboxylic acids is 1. The van der Waals surface area contributed by atoms with Gasteiger partial charge >= 0.3 is 0 Å². The molecule has 1 amide bonds. The van der Waals surface area contributed by atoms with Gasteiger partial charge in [0, 0.05) is 25.6 Å². The molecule has 0 radical (unpaired) electrons. The maximum Gasteiger partial charge on any atom is 0.221 e. The van der Waals surface area contributed by atoms with Crippen LogP contribution in [0.25, 0.3) is 0 Å². The summed E-state index contributed by atoms with van der Waals surface area (Å²) in [5, 5.41) is 15.5. The van der Waals surface area contributed by atoms with E-state index in [1.54, 1.807) is 0 Å². The summed E-state index contributed by atoms with van der Waals surface area (Å²) < 4.78 is 18.0. The topological polar surface area (TPSA) is 70.6 Å². The molecule has 1 atom stereocenters. The molecule has 0 aliphatic heterocycles. The molecule has 3 N–H and O–H groups in total. The molecule has 6 heteroatoms. The van der Waals surface area contributed by atoms with Crippen molar-refractivity contribution in [3.8, 4) is 5.75 Å². The second-order valence-corrected chi connectivity index (χ2v) is 5.10. The number of benzene rings is 1. The smallest absolute Gasteiger partial charge is 0.221 e. The highest BCUT2D eigenvalue weighted by Gasteiger charge is 2.06. The normalized spacial score (nSPS) is 12.2. The van der Waals surface area contributed by atoms with E-state index in [1.165, 1.54) is 24.3 Å². The minimum absolute atomic E-state index is 0.0189. The molecule has 0 bridgehead atoms. The van der Waals surface area contributed by atoms with Crippen molar-refractivity contribution in [1.29, 1.82) is 0 Å². The van der Waals surface area contributed by atoms with Crippen molar-refractivity contribution >= 4 is 5.91 Å². The summed E-state index contributed by atoms with van der Waals surface area (Å²) in [5.74, 6) is 0.158. The molecule has 0 aromatic heterocycles. The predicted octanol–water partition coefficient (Wildman–Crippen LogP) is 1.07. The minimum atomic E-state index is -0.691. The lowest BCUT2D eigenvalue weighted by Gasteiger charge is -2.13. The van der Waals surface area contributed by atoms with Gasteiger partial charge in [-0.2, -0.15) is 0 Å². The molecule has 1 aromatic rings. The van der Waals surface area contributed by atoms with Crippen molar-refractivity contribution in [2.75, 3.05) is 19.7 Å². The van der Waals surface area contributed by atoms with Crippen molar-refractivity contribution < 1.29 is 19.0 Å². The Balaban J connectivity index is 2.10. The fraction of sp³-hybridized carbons (Fsp3) is 0.533. The van der Waals surface area contributed by atoms with Crippen molar-refractivity contribution in [2.45, 2.75) is 32.4 Å². The Morgan fingerprint density at radius 1 is 1.33 bits per heavy atom. The van der Waals surface area contributed by atoms with E-state index in [0.29, 0.717) is 25.3 Å². The molecule has 0 spiro atoms. The second-order valence-electron chi connectivity index (χ2n) is 5.10. The van der Waals surface area contributed by atoms with Gasteiger partial charge in [-0.05, 0) is 38.1 Å². The number of hydrogen-bond acceptors (Lipinski definition) is 4. The molecule has 0 saturated heterocycles. The minimum Gasteiger partial charge on any atom is -0.491 e. The Labute approximate surface area is 124 Å². The van der Waals surface area contributed by atoms with Gasteiger partial charge in [0.05, 0.1) is 0 Å². The van der Waals surface area contributed by atoms with E-state index < -0.39 is 6.10 Å². The van der Waals surface area contributed by atoms with Crippen LogP contribution in [0.2, 0.25) is 0 Å². The lowest BCUT2D eigenvalue weighted by atomic mass is 10.3. The maximum atomic E-state index is 12.7. The van der Waals surface area contributed by atoms with Crippen LogP contribution in [0.4, 0.5) is 4.39 Å². The Kier molecular flexibility index (Phi) is 7.71. The van der Waals surface area contributed by atoms with E-state index >= 15 is 0 Å². The average molecular weight is 298 g/mol. The molecule has 0 aliphatic carbocycles. The number of ether oxygens (including phenoxy) is 1. The van der Waals surface area contributed by atoms with Gasteiger partial charge in [0.15, 0.2) is 0 Å². The lowest BCUT2D eigenvalue weighted by Crippen LogP contribution is -2.35. The summed E-state index contributed by atoms with van der Waals surface area (Å²) in [4.78, 5) is 11.4. The van der Waals surface area contributed by atoms with E-state index in [1.807, 2.05) is 13.8 Å². The quantitative estimate of drug-likeness (QED) is 0.596. The highest BCUT2D eigenvalue weighted by molar-refractivity contribution is 5.76. The van der Waals surface area contributed by atoms with Crippen LogP contribution in [0.1, 0.15) is 20.3 Å². The van der Waals surface area contributed by atoms with Crippen LogP contribution in [-0.4, -0.2) is 42.9 Å². The number of aliphatic hydroxyl groups is 1. The Bertz CT molecular complexity index is 423. The van der Waals surface area contributed by atoms with Gasteiger partial charge in [-0.25, -0.2) is 4.39 Å². The number of halogens is 1. The molecule has 0 heterocycles. The molecule has 0 saturated carbocycles. The first kappa shape index (κ1) is 17.4. The fourth-order valence-electron chi connectivity index (χ4n) is 1.65. The van der Waals surface area contributed by atoms with Crippen LogP contribution < -0.4 is 15.4 Å². The Morgan fingerprint density at radius 2 is 2.00 bits per heavy atom. The summed E-state index contributed by atoms with van der Waals surface area (Å²) in [6, 6.07) is 5.74. The van der Waals surface area contributed by atoms with Gasteiger partial charge in [0.25, 0.3) is 0 Å². The van der Waals surface area contributed by atoms with Crippen molar-refractivity contribution in [3.63, 3.8) is 0 Å². The van der Waals surface area contributed by atoms with E-state index in [0.717, 1.165) is 0 Å². The van der Waals surface area contributed by atoms with Crippen LogP contribution >= 0.6 is 0 Å². The zero-order valence-corrected chi connectivity index (χ0v) is 12.4. The zero-order chi connectivity index (χ0) is 15.7. The molecule has 1 unspecified atom stereocenters. The highest BCUT2D eigenvalue weighted by Crippen LogP contribution is 2.11. The average Bonchev–Trinajstić information content (AvgIpc) is 2.42. The van der Waals surface area contributed by atoms with E-state index in [2.05, 4.69) is 10.6 Å². The predicted molar refractivity (Wildman–Crippen MR) is 78.7 cm³/mol. The first-order valence-electron chi connectivity index (χ1n) is 7.04. The largest absolute Gasteiger partial charge is 0.491 e. The van der Waals surface area contributed by atoms with Gasteiger partial charge in [0.2, 0.25) is 5.91 Å². The monoisotopic (exact) mass is 298 g/mol. The summed E-state index contributed by atoms with van der Waals surface area (Å²) in [5.41, 5.74) is 0. The molecule has 0 aliphatic rings. The van der Waals surface area contributed by atoms with Gasteiger partial charge < -0.3 is 20.5 Å². The molecule has 1 aromatic carbocycles. The van der Waals surface area contributed by atoms with Crippen LogP contribution in [0.5, 0.6) is 5.75 Å². The number of hydrogen-bond donors (Lipinski definition) is 3. The standard InChI is InChI=1S/C15H23FN2O3/c1-11(2)18-15(20)7-8-17-9-13(19)10-21-14-5-3-12(16)4-6-14/h3-6,11,13,17,19H,7-10H2,1-2H3,(H,18,20). The first-order valence-corrected chi connectivity index (χ1v) is 7.04. The van der Waals surface area contributed by atoms with E-state index in [-0.39, 0.29) is 24.4 Å². The summed E-state index contributed by atoms with van der Waals surface area (Å²) in [6.45, 7) is 4.74. The van der Waals surface area contributed by atoms with E-state index in [9.17, 15) is 14.3 Å². The van der Waals surface area contributed by atoms with Crippen molar-refractivity contribution in [3.05, 3.63) is 30.1 Å². The molecular weight excluding hydrogens is 275 g/mol. The lowest BCUT2D eigenvalue weighted by molar-refractivity contribution is -0.121. The van der Waals surface area contributed by atoms with Crippen molar-refractivity contribution in [2.24, 2.45) is 0 Å². The van der Waals surface area contributed by atoms with Gasteiger partial charge in [-0.1, -0.05) is 0 Å². The summed E-state index contributed by atoms with van der Waals surface area (Å²) in [6.07, 6.45) is -0.327. The first-order chi connectivity index (χ1) is 9.97. The summed E-state index contributed by atoms with van der Waals surface area (Å²) in [7, 11) is 0. The molecule has 21 heavy (non-hydrogen) atoms. The third kappa shape index (κ3) is 8.27. The van der Waals surface area contributed by atoms with Gasteiger partial charge in [0.1, 0.15) is 24.3 Å². The van der Waals surface area contributed by atoms with Gasteiger partial charge in [-0.15, -0.1) is 0 Å². The van der Waals surface area contributed by atoms with Crippen molar-refractivity contribution in [1.82, 2.24) is 10.6 Å². The molecule has 1 rings (SSSR count). The third-order valence-corrected chi connectivity index (χ3v) is 2.61. The molecule has 5 nitrogen and oxygen atoms in total. The SMILES string of the molecule is CC(C)NC(=O)CCNCC(O)COc1ccc(F)cc1. The number of aliphatic hydroxyl groups excluding tert-OH is 1. The van der Waals surface area contributed by atoms with Crippen LogP contribution in [0, 0.1) is 5.82 Å². The Hall–Kier alpha value is -1.66. The third-order valence-electron chi connectivity index (χ3n) is 2.61. The Morgan fingerprint density at radius 3 is 2.62 bits per heavy atom. The number of nitrogens with one attached hydrogen (secondary N) is 2. The highest BCUT2D eigenvalue weighted by atomic mass is 19.1. The molecule has 0 fully saturated rings. The van der Waals surface area contributed by atoms with Crippen LogP contribution in [0.15, 0.2) is 24.3 Å². The summed E-state index contributed by atoms with van der Waals surface area (Å²) >= 11 is 0. The molecular formula is C15H23FN2O3. The number of carbonyl (C=O) groups is 1. The zero-order valence-electron chi connectivity index (χ0n) is 12.4. The van der Waals surface area contributed by atoms with E-state index in [4.69, 9.17) is 4.74 Å². The maximum absolute atomic E-state index is 12.7. The second kappa shape index (κ2) is 9.31. The number of amides is 1. The van der Waals surface area contributed by atoms with Crippen LogP contribution in [-0.2, 0) is 4.79 Å². The van der Waals surface area contributed by atoms with Gasteiger partial charge in [-0.3, -0.25) is 4.79 Å². The van der Waals surface area contributed by atoms with Crippen LogP contribution in [0.3, 0.4) is 0 Å². The fourth-order valence-corrected chi connectivity index (χ4v) is 1.65. The number of rotatable bonds is 9. The molecule has 118 valence electrons.